The number of aliphatic hydroxyl groups is 3. The highest BCUT2D eigenvalue weighted by molar-refractivity contribution is 7.99. The van der Waals surface area contributed by atoms with Crippen LogP contribution >= 0.6 is 11.8 Å². The van der Waals surface area contributed by atoms with Crippen LogP contribution in [0.25, 0.3) is 0 Å². The molecule has 0 saturated carbocycles. The largest absolute Gasteiger partial charge is 0.394 e. The van der Waals surface area contributed by atoms with Gasteiger partial charge in [-0.05, 0) is 12.1 Å². The van der Waals surface area contributed by atoms with E-state index in [9.17, 15) is 15.0 Å². The maximum absolute atomic E-state index is 11.6. The van der Waals surface area contributed by atoms with Crippen LogP contribution in [-0.2, 0) is 9.53 Å². The first kappa shape index (κ1) is 13.5. The Hall–Kier alpha value is -0.920. The van der Waals surface area contributed by atoms with Crippen molar-refractivity contribution >= 4 is 17.5 Å². The van der Waals surface area contributed by atoms with E-state index in [4.69, 9.17) is 9.84 Å². The fourth-order valence-electron chi connectivity index (χ4n) is 1.68. The lowest BCUT2D eigenvalue weighted by Gasteiger charge is -2.34. The van der Waals surface area contributed by atoms with Gasteiger partial charge in [-0.2, -0.15) is 0 Å². The highest BCUT2D eigenvalue weighted by atomic mass is 32.2. The van der Waals surface area contributed by atoms with Crippen molar-refractivity contribution in [3.05, 3.63) is 30.3 Å². The molecule has 5 nitrogen and oxygen atoms in total. The molecule has 4 atom stereocenters. The molecule has 1 fully saturated rings. The minimum Gasteiger partial charge on any atom is -0.394 e. The molecular weight excluding hydrogens is 256 g/mol. The summed E-state index contributed by atoms with van der Waals surface area (Å²) < 4.78 is 5.33. The fourth-order valence-corrected chi connectivity index (χ4v) is 2.73. The molecule has 1 aromatic rings. The molecule has 1 aliphatic rings. The zero-order chi connectivity index (χ0) is 13.1. The van der Waals surface area contributed by atoms with Crippen molar-refractivity contribution in [3.8, 4) is 0 Å². The molecule has 0 unspecified atom stereocenters. The van der Waals surface area contributed by atoms with Crippen molar-refractivity contribution in [3.63, 3.8) is 0 Å². The van der Waals surface area contributed by atoms with Gasteiger partial charge < -0.3 is 20.1 Å². The van der Waals surface area contributed by atoms with Crippen LogP contribution in [0.5, 0.6) is 0 Å². The van der Waals surface area contributed by atoms with Gasteiger partial charge in [-0.1, -0.05) is 30.0 Å². The van der Waals surface area contributed by atoms with Crippen molar-refractivity contribution in [2.45, 2.75) is 28.6 Å². The van der Waals surface area contributed by atoms with E-state index in [1.165, 1.54) is 11.8 Å². The van der Waals surface area contributed by atoms with E-state index in [1.807, 2.05) is 30.3 Å². The fraction of sp³-hybridized carbons (Fsp3) is 0.417. The minimum absolute atomic E-state index is 0.467. The Balaban J connectivity index is 2.10. The van der Waals surface area contributed by atoms with Crippen LogP contribution in [-0.4, -0.2) is 51.5 Å². The second-order valence-corrected chi connectivity index (χ2v) is 5.12. The van der Waals surface area contributed by atoms with E-state index in [0.29, 0.717) is 0 Å². The molecule has 3 N–H and O–H groups in total. The zero-order valence-corrected chi connectivity index (χ0v) is 10.3. The summed E-state index contributed by atoms with van der Waals surface area (Å²) in [6.45, 7) is -0.467. The number of ether oxygens (including phenoxy) is 1. The Labute approximate surface area is 108 Å². The van der Waals surface area contributed by atoms with E-state index in [2.05, 4.69) is 0 Å². The third kappa shape index (κ3) is 2.73. The Morgan fingerprint density at radius 2 is 1.83 bits per heavy atom. The van der Waals surface area contributed by atoms with Gasteiger partial charge in [0.25, 0.3) is 0 Å². The normalized spacial score (nSPS) is 32.5. The maximum Gasteiger partial charge on any atom is 0.195 e. The van der Waals surface area contributed by atoms with Gasteiger partial charge in [0, 0.05) is 4.90 Å². The third-order valence-corrected chi connectivity index (χ3v) is 3.82. The predicted octanol–water partition coefficient (Wildman–Crippen LogP) is -0.213. The SMILES string of the molecule is O=C1[C@@H](O)[C@H](Sc2ccccc2)O[C@H](CO)[C@H]1O. The van der Waals surface area contributed by atoms with Crippen molar-refractivity contribution in [2.24, 2.45) is 0 Å². The first-order valence-corrected chi connectivity index (χ1v) is 6.39. The molecule has 1 aromatic carbocycles. The van der Waals surface area contributed by atoms with Crippen LogP contribution in [0.15, 0.2) is 35.2 Å². The molecule has 0 spiro atoms. The van der Waals surface area contributed by atoms with Crippen molar-refractivity contribution in [2.75, 3.05) is 6.61 Å². The molecule has 0 aliphatic carbocycles. The summed E-state index contributed by atoms with van der Waals surface area (Å²) in [6, 6.07) is 9.16. The molecule has 2 rings (SSSR count). The first-order chi connectivity index (χ1) is 8.63. The Morgan fingerprint density at radius 1 is 1.17 bits per heavy atom. The monoisotopic (exact) mass is 270 g/mol. The molecule has 0 radical (unpaired) electrons. The number of hydrogen-bond donors (Lipinski definition) is 3. The molecule has 6 heteroatoms. The van der Waals surface area contributed by atoms with Crippen LogP contribution in [0.3, 0.4) is 0 Å². The van der Waals surface area contributed by atoms with E-state index >= 15 is 0 Å². The van der Waals surface area contributed by atoms with Crippen molar-refractivity contribution in [1.82, 2.24) is 0 Å². The Kier molecular flexibility index (Phi) is 4.36. The van der Waals surface area contributed by atoms with Crippen LogP contribution in [0.2, 0.25) is 0 Å². The highest BCUT2D eigenvalue weighted by Gasteiger charge is 2.43. The molecule has 0 aromatic heterocycles. The lowest BCUT2D eigenvalue weighted by atomic mass is 10.0. The predicted molar refractivity (Wildman–Crippen MR) is 65.1 cm³/mol. The number of benzene rings is 1. The van der Waals surface area contributed by atoms with E-state index in [0.717, 1.165) is 4.90 Å². The molecule has 1 aliphatic heterocycles. The lowest BCUT2D eigenvalue weighted by molar-refractivity contribution is -0.173. The highest BCUT2D eigenvalue weighted by Crippen LogP contribution is 2.31. The minimum atomic E-state index is -1.47. The summed E-state index contributed by atoms with van der Waals surface area (Å²) >= 11 is 1.18. The molecule has 0 amide bonds. The average Bonchev–Trinajstić information content (AvgIpc) is 2.40. The Morgan fingerprint density at radius 3 is 2.44 bits per heavy atom. The van der Waals surface area contributed by atoms with Gasteiger partial charge in [-0.15, -0.1) is 0 Å². The third-order valence-electron chi connectivity index (χ3n) is 2.68. The molecule has 0 bridgehead atoms. The maximum atomic E-state index is 11.6. The number of rotatable bonds is 3. The summed E-state index contributed by atoms with van der Waals surface area (Å²) in [7, 11) is 0. The van der Waals surface area contributed by atoms with Gasteiger partial charge in [0.1, 0.15) is 17.6 Å². The number of thioether (sulfide) groups is 1. The van der Waals surface area contributed by atoms with Crippen molar-refractivity contribution in [1.29, 1.82) is 0 Å². The second-order valence-electron chi connectivity index (χ2n) is 3.95. The van der Waals surface area contributed by atoms with E-state index in [-0.39, 0.29) is 0 Å². The van der Waals surface area contributed by atoms with Crippen LogP contribution in [0.1, 0.15) is 0 Å². The smallest absolute Gasteiger partial charge is 0.195 e. The van der Waals surface area contributed by atoms with Gasteiger partial charge in [0.05, 0.1) is 6.61 Å². The summed E-state index contributed by atoms with van der Waals surface area (Å²) in [5.41, 5.74) is -0.819. The zero-order valence-electron chi connectivity index (χ0n) is 9.47. The standard InChI is InChI=1S/C12H14O5S/c13-6-8-9(14)10(15)11(16)12(17-8)18-7-4-2-1-3-5-7/h1-5,8-9,11-14,16H,6H2/t8-,9-,11-,12+/m1/s1. The van der Waals surface area contributed by atoms with E-state index < -0.39 is 36.1 Å². The van der Waals surface area contributed by atoms with Gasteiger partial charge in [0.2, 0.25) is 0 Å². The molecule has 1 saturated heterocycles. The van der Waals surface area contributed by atoms with Gasteiger partial charge in [0.15, 0.2) is 11.9 Å². The van der Waals surface area contributed by atoms with Gasteiger partial charge in [-0.25, -0.2) is 0 Å². The summed E-state index contributed by atoms with van der Waals surface area (Å²) in [5, 5.41) is 28.3. The number of ketones is 1. The number of Topliss-reactive ketones (excluding diaryl/α,β-unsaturated/α-hetero) is 1. The Bertz CT molecular complexity index is 410. The van der Waals surface area contributed by atoms with Crippen molar-refractivity contribution < 1.29 is 24.9 Å². The molecule has 18 heavy (non-hydrogen) atoms. The van der Waals surface area contributed by atoms with E-state index in [1.54, 1.807) is 0 Å². The van der Waals surface area contributed by atoms with Gasteiger partial charge >= 0.3 is 0 Å². The van der Waals surface area contributed by atoms with Gasteiger partial charge in [-0.3, -0.25) is 4.79 Å². The number of hydrogen-bond acceptors (Lipinski definition) is 6. The summed E-state index contributed by atoms with van der Waals surface area (Å²) in [5.74, 6) is -0.714. The molecular formula is C12H14O5S. The van der Waals surface area contributed by atoms with Crippen LogP contribution < -0.4 is 0 Å². The first-order valence-electron chi connectivity index (χ1n) is 5.51. The molecule has 98 valence electrons. The topological polar surface area (TPSA) is 87.0 Å². The van der Waals surface area contributed by atoms with Crippen LogP contribution in [0.4, 0.5) is 0 Å². The average molecular weight is 270 g/mol. The lowest BCUT2D eigenvalue weighted by Crippen LogP contribution is -2.54. The summed E-state index contributed by atoms with van der Waals surface area (Å²) in [6.07, 6.45) is -3.85. The molecule has 1 heterocycles. The number of aliphatic hydroxyl groups excluding tert-OH is 3. The number of carbonyl (C=O) groups is 1. The summed E-state index contributed by atoms with van der Waals surface area (Å²) in [4.78, 5) is 12.4. The quantitative estimate of drug-likeness (QED) is 0.704. The van der Waals surface area contributed by atoms with Crippen LogP contribution in [0, 0.1) is 0 Å². The number of carbonyl (C=O) groups excluding carboxylic acids is 1. The second kappa shape index (κ2) is 5.81.